The molecule has 1 aromatic heterocycles. The van der Waals surface area contributed by atoms with Crippen molar-refractivity contribution in [3.05, 3.63) is 51.0 Å². The summed E-state index contributed by atoms with van der Waals surface area (Å²) in [4.78, 5) is 5.53. The highest BCUT2D eigenvalue weighted by molar-refractivity contribution is 9.10. The van der Waals surface area contributed by atoms with Crippen molar-refractivity contribution in [2.45, 2.75) is 16.5 Å². The molecular formula is C13H12Br2N2S. The molecule has 2 rings (SSSR count). The Morgan fingerprint density at radius 2 is 2.06 bits per heavy atom. The molecule has 0 amide bonds. The van der Waals surface area contributed by atoms with Gasteiger partial charge in [0, 0.05) is 26.6 Å². The maximum atomic E-state index is 4.35. The normalized spacial score (nSPS) is 10.6. The van der Waals surface area contributed by atoms with Gasteiger partial charge in [-0.25, -0.2) is 4.98 Å². The van der Waals surface area contributed by atoms with Crippen LogP contribution in [0.15, 0.2) is 55.4 Å². The predicted octanol–water partition coefficient (Wildman–Crippen LogP) is 4.48. The highest BCUT2D eigenvalue weighted by Crippen LogP contribution is 2.30. The van der Waals surface area contributed by atoms with E-state index < -0.39 is 0 Å². The molecule has 0 aliphatic rings. The SMILES string of the molecule is CNCc1ccc(Sc2ccc(Br)cn2)cc1Br. The first-order valence-electron chi connectivity index (χ1n) is 5.41. The molecule has 0 saturated heterocycles. The first-order valence-corrected chi connectivity index (χ1v) is 7.82. The largest absolute Gasteiger partial charge is 0.316 e. The van der Waals surface area contributed by atoms with Crippen molar-refractivity contribution < 1.29 is 0 Å². The molecule has 0 spiro atoms. The molecule has 0 bridgehead atoms. The standard InChI is InChI=1S/C13H12Br2N2S/c1-16-7-9-2-4-11(6-12(9)15)18-13-5-3-10(14)8-17-13/h2-6,8,16H,7H2,1H3. The fourth-order valence-corrected chi connectivity index (χ4v) is 3.17. The van der Waals surface area contributed by atoms with Gasteiger partial charge in [0.2, 0.25) is 0 Å². The van der Waals surface area contributed by atoms with E-state index in [2.05, 4.69) is 60.4 Å². The zero-order valence-electron chi connectivity index (χ0n) is 9.78. The van der Waals surface area contributed by atoms with Gasteiger partial charge in [-0.15, -0.1) is 0 Å². The third-order valence-electron chi connectivity index (χ3n) is 2.31. The van der Waals surface area contributed by atoms with E-state index in [1.165, 1.54) is 10.5 Å². The number of rotatable bonds is 4. The summed E-state index contributed by atoms with van der Waals surface area (Å²) < 4.78 is 2.12. The second-order valence-electron chi connectivity index (χ2n) is 3.70. The van der Waals surface area contributed by atoms with Crippen LogP contribution in [0.25, 0.3) is 0 Å². The molecule has 0 aliphatic heterocycles. The van der Waals surface area contributed by atoms with Crippen LogP contribution in [-0.4, -0.2) is 12.0 Å². The molecule has 1 N–H and O–H groups in total. The maximum absolute atomic E-state index is 4.35. The van der Waals surface area contributed by atoms with Gasteiger partial charge in [-0.1, -0.05) is 33.8 Å². The van der Waals surface area contributed by atoms with Crippen molar-refractivity contribution in [3.8, 4) is 0 Å². The van der Waals surface area contributed by atoms with Gasteiger partial charge in [0.15, 0.2) is 0 Å². The summed E-state index contributed by atoms with van der Waals surface area (Å²) in [5.74, 6) is 0. The summed E-state index contributed by atoms with van der Waals surface area (Å²) in [6, 6.07) is 10.4. The summed E-state index contributed by atoms with van der Waals surface area (Å²) in [5.41, 5.74) is 1.26. The summed E-state index contributed by atoms with van der Waals surface area (Å²) >= 11 is 8.63. The number of benzene rings is 1. The lowest BCUT2D eigenvalue weighted by atomic mass is 10.2. The average molecular weight is 388 g/mol. The van der Waals surface area contributed by atoms with E-state index in [4.69, 9.17) is 0 Å². The minimum Gasteiger partial charge on any atom is -0.316 e. The molecule has 0 atom stereocenters. The molecule has 2 aromatic rings. The van der Waals surface area contributed by atoms with E-state index in [1.54, 1.807) is 11.8 Å². The van der Waals surface area contributed by atoms with E-state index in [1.807, 2.05) is 25.4 Å². The molecule has 0 saturated carbocycles. The van der Waals surface area contributed by atoms with E-state index >= 15 is 0 Å². The smallest absolute Gasteiger partial charge is 0.101 e. The zero-order valence-corrected chi connectivity index (χ0v) is 13.8. The fourth-order valence-electron chi connectivity index (χ4n) is 1.47. The molecule has 0 unspecified atom stereocenters. The molecule has 1 aromatic carbocycles. The van der Waals surface area contributed by atoms with Crippen LogP contribution in [0.4, 0.5) is 0 Å². The summed E-state index contributed by atoms with van der Waals surface area (Å²) in [6.45, 7) is 0.863. The van der Waals surface area contributed by atoms with Gasteiger partial charge in [-0.2, -0.15) is 0 Å². The van der Waals surface area contributed by atoms with Gasteiger partial charge in [-0.3, -0.25) is 0 Å². The molecule has 18 heavy (non-hydrogen) atoms. The average Bonchev–Trinajstić information content (AvgIpc) is 2.36. The molecule has 0 fully saturated rings. The van der Waals surface area contributed by atoms with E-state index in [9.17, 15) is 0 Å². The molecule has 0 aliphatic carbocycles. The Morgan fingerprint density at radius 3 is 2.67 bits per heavy atom. The highest BCUT2D eigenvalue weighted by Gasteiger charge is 2.03. The Morgan fingerprint density at radius 1 is 1.22 bits per heavy atom. The second-order valence-corrected chi connectivity index (χ2v) is 6.56. The molecule has 2 nitrogen and oxygen atoms in total. The van der Waals surface area contributed by atoms with Crippen molar-refractivity contribution in [2.24, 2.45) is 0 Å². The van der Waals surface area contributed by atoms with Crippen LogP contribution in [0, 0.1) is 0 Å². The molecule has 94 valence electrons. The van der Waals surface area contributed by atoms with Gasteiger partial charge in [0.1, 0.15) is 5.03 Å². The lowest BCUT2D eigenvalue weighted by Crippen LogP contribution is -2.05. The number of aromatic nitrogens is 1. The van der Waals surface area contributed by atoms with Crippen LogP contribution in [0.5, 0.6) is 0 Å². The van der Waals surface area contributed by atoms with Crippen molar-refractivity contribution in [1.82, 2.24) is 10.3 Å². The van der Waals surface area contributed by atoms with Crippen LogP contribution in [0.2, 0.25) is 0 Å². The van der Waals surface area contributed by atoms with Crippen LogP contribution < -0.4 is 5.32 Å². The Kier molecular flexibility index (Phi) is 5.24. The number of hydrogen-bond acceptors (Lipinski definition) is 3. The number of nitrogens with one attached hydrogen (secondary N) is 1. The second kappa shape index (κ2) is 6.70. The first kappa shape index (κ1) is 14.1. The lowest BCUT2D eigenvalue weighted by molar-refractivity contribution is 0.813. The summed E-state index contributed by atoms with van der Waals surface area (Å²) in [6.07, 6.45) is 1.81. The fraction of sp³-hybridized carbons (Fsp3) is 0.154. The Hall–Kier alpha value is -0.360. The first-order chi connectivity index (χ1) is 8.69. The van der Waals surface area contributed by atoms with E-state index in [-0.39, 0.29) is 0 Å². The van der Waals surface area contributed by atoms with Crippen LogP contribution in [-0.2, 0) is 6.54 Å². The van der Waals surface area contributed by atoms with Crippen molar-refractivity contribution in [2.75, 3.05) is 7.05 Å². The van der Waals surface area contributed by atoms with Crippen molar-refractivity contribution in [1.29, 1.82) is 0 Å². The van der Waals surface area contributed by atoms with Gasteiger partial charge in [-0.05, 0) is 52.8 Å². The molecule has 0 radical (unpaired) electrons. The quantitative estimate of drug-likeness (QED) is 0.837. The molecular weight excluding hydrogens is 376 g/mol. The van der Waals surface area contributed by atoms with E-state index in [0.29, 0.717) is 0 Å². The maximum Gasteiger partial charge on any atom is 0.101 e. The zero-order chi connectivity index (χ0) is 13.0. The Bertz CT molecular complexity index is 529. The van der Waals surface area contributed by atoms with Crippen molar-refractivity contribution >= 4 is 43.6 Å². The molecule has 1 heterocycles. The predicted molar refractivity (Wildman–Crippen MR) is 83.0 cm³/mol. The summed E-state index contributed by atoms with van der Waals surface area (Å²) in [5, 5.41) is 4.14. The topological polar surface area (TPSA) is 24.9 Å². The third-order valence-corrected chi connectivity index (χ3v) is 4.46. The van der Waals surface area contributed by atoms with Crippen molar-refractivity contribution in [3.63, 3.8) is 0 Å². The number of pyridine rings is 1. The van der Waals surface area contributed by atoms with Gasteiger partial charge in [0.25, 0.3) is 0 Å². The van der Waals surface area contributed by atoms with Gasteiger partial charge >= 0.3 is 0 Å². The third kappa shape index (κ3) is 3.82. The highest BCUT2D eigenvalue weighted by atomic mass is 79.9. The Labute approximate surface area is 128 Å². The van der Waals surface area contributed by atoms with Crippen LogP contribution >= 0.6 is 43.6 Å². The van der Waals surface area contributed by atoms with Crippen LogP contribution in [0.3, 0.4) is 0 Å². The van der Waals surface area contributed by atoms with Gasteiger partial charge in [0.05, 0.1) is 0 Å². The monoisotopic (exact) mass is 386 g/mol. The molecule has 5 heteroatoms. The van der Waals surface area contributed by atoms with Crippen LogP contribution in [0.1, 0.15) is 5.56 Å². The summed E-state index contributed by atoms with van der Waals surface area (Å²) in [7, 11) is 1.95. The Balaban J connectivity index is 2.14. The van der Waals surface area contributed by atoms with Gasteiger partial charge < -0.3 is 5.32 Å². The number of nitrogens with zero attached hydrogens (tertiary/aromatic N) is 1. The number of hydrogen-bond donors (Lipinski definition) is 1. The minimum atomic E-state index is 0.863. The minimum absolute atomic E-state index is 0.863. The van der Waals surface area contributed by atoms with E-state index in [0.717, 1.165) is 20.5 Å². The lowest BCUT2D eigenvalue weighted by Gasteiger charge is -2.06. The number of halogens is 2.